The Balaban J connectivity index is 1.92. The minimum absolute atomic E-state index is 0.000396. The first-order valence-electron chi connectivity index (χ1n) is 6.82. The van der Waals surface area contributed by atoms with E-state index in [-0.39, 0.29) is 5.91 Å². The topological polar surface area (TPSA) is 55.1 Å². The fourth-order valence-corrected chi connectivity index (χ4v) is 2.02. The largest absolute Gasteiger partial charge is 0.330 e. The number of nitrogens with two attached hydrogens (primary N) is 1. The second-order valence-electron chi connectivity index (χ2n) is 4.95. The van der Waals surface area contributed by atoms with Gasteiger partial charge in [0.1, 0.15) is 0 Å². The van der Waals surface area contributed by atoms with Crippen molar-refractivity contribution in [3.05, 3.63) is 65.2 Å². The fourth-order valence-electron chi connectivity index (χ4n) is 2.02. The predicted octanol–water partition coefficient (Wildman–Crippen LogP) is 2.68. The normalized spacial score (nSPS) is 10.3. The molecule has 0 aromatic heterocycles. The van der Waals surface area contributed by atoms with Crippen LogP contribution in [0.1, 0.15) is 16.7 Å². The zero-order chi connectivity index (χ0) is 14.4. The molecule has 0 aliphatic rings. The summed E-state index contributed by atoms with van der Waals surface area (Å²) in [4.78, 5) is 11.9. The summed E-state index contributed by atoms with van der Waals surface area (Å²) in [5, 5.41) is 2.90. The van der Waals surface area contributed by atoms with Crippen LogP contribution in [0.5, 0.6) is 0 Å². The number of aryl methyl sites for hydroxylation is 1. The van der Waals surface area contributed by atoms with E-state index in [4.69, 9.17) is 5.73 Å². The molecular formula is C17H20N2O. The standard InChI is InChI=1S/C17H20N2O/c1-13-2-4-15(5-3-13)12-17(20)19-16-8-6-14(7-9-16)10-11-18/h2-9H,10-12,18H2,1H3,(H,19,20). The molecule has 2 aromatic rings. The van der Waals surface area contributed by atoms with Gasteiger partial charge in [-0.15, -0.1) is 0 Å². The lowest BCUT2D eigenvalue weighted by molar-refractivity contribution is -0.115. The third kappa shape index (κ3) is 4.21. The van der Waals surface area contributed by atoms with E-state index in [9.17, 15) is 4.79 Å². The average molecular weight is 268 g/mol. The van der Waals surface area contributed by atoms with Crippen LogP contribution in [0.4, 0.5) is 5.69 Å². The van der Waals surface area contributed by atoms with E-state index >= 15 is 0 Å². The fraction of sp³-hybridized carbons (Fsp3) is 0.235. The predicted molar refractivity (Wildman–Crippen MR) is 82.7 cm³/mol. The molecule has 0 radical (unpaired) electrons. The van der Waals surface area contributed by atoms with Crippen LogP contribution in [-0.4, -0.2) is 12.5 Å². The van der Waals surface area contributed by atoms with Gasteiger partial charge in [0.05, 0.1) is 6.42 Å². The maximum atomic E-state index is 11.9. The lowest BCUT2D eigenvalue weighted by Gasteiger charge is -2.07. The summed E-state index contributed by atoms with van der Waals surface area (Å²) in [6.07, 6.45) is 1.25. The van der Waals surface area contributed by atoms with Crippen LogP contribution in [-0.2, 0) is 17.6 Å². The number of carbonyl (C=O) groups is 1. The maximum Gasteiger partial charge on any atom is 0.228 e. The van der Waals surface area contributed by atoms with Gasteiger partial charge in [-0.3, -0.25) is 4.79 Å². The molecule has 0 aliphatic carbocycles. The number of nitrogens with one attached hydrogen (secondary N) is 1. The van der Waals surface area contributed by atoms with Crippen molar-refractivity contribution in [2.75, 3.05) is 11.9 Å². The molecule has 0 bridgehead atoms. The van der Waals surface area contributed by atoms with Crippen molar-refractivity contribution in [3.8, 4) is 0 Å². The lowest BCUT2D eigenvalue weighted by Crippen LogP contribution is -2.14. The van der Waals surface area contributed by atoms with Crippen LogP contribution in [0.25, 0.3) is 0 Å². The highest BCUT2D eigenvalue weighted by Gasteiger charge is 2.04. The molecule has 3 nitrogen and oxygen atoms in total. The Hall–Kier alpha value is -2.13. The van der Waals surface area contributed by atoms with E-state index in [0.717, 1.165) is 17.7 Å². The van der Waals surface area contributed by atoms with Gasteiger partial charge in [0.15, 0.2) is 0 Å². The number of carbonyl (C=O) groups excluding carboxylic acids is 1. The lowest BCUT2D eigenvalue weighted by atomic mass is 10.1. The van der Waals surface area contributed by atoms with Crippen LogP contribution in [0.2, 0.25) is 0 Å². The maximum absolute atomic E-state index is 11.9. The first-order valence-corrected chi connectivity index (χ1v) is 6.82. The van der Waals surface area contributed by atoms with Gasteiger partial charge in [0.2, 0.25) is 5.91 Å². The summed E-state index contributed by atoms with van der Waals surface area (Å²) < 4.78 is 0. The monoisotopic (exact) mass is 268 g/mol. The molecule has 0 spiro atoms. The van der Waals surface area contributed by atoms with Gasteiger partial charge < -0.3 is 11.1 Å². The second kappa shape index (κ2) is 6.87. The van der Waals surface area contributed by atoms with Crippen molar-refractivity contribution in [3.63, 3.8) is 0 Å². The summed E-state index contributed by atoms with van der Waals surface area (Å²) in [7, 11) is 0. The molecule has 3 heteroatoms. The van der Waals surface area contributed by atoms with Crippen molar-refractivity contribution in [1.29, 1.82) is 0 Å². The Labute approximate surface area is 119 Å². The van der Waals surface area contributed by atoms with Crippen LogP contribution in [0.15, 0.2) is 48.5 Å². The first kappa shape index (κ1) is 14.3. The molecule has 3 N–H and O–H groups in total. The molecule has 0 unspecified atom stereocenters. The number of amides is 1. The Morgan fingerprint density at radius 1 is 1.00 bits per heavy atom. The number of hydrogen-bond donors (Lipinski definition) is 2. The molecule has 2 rings (SSSR count). The van der Waals surface area contributed by atoms with Gasteiger partial charge >= 0.3 is 0 Å². The number of rotatable bonds is 5. The molecule has 1 amide bonds. The highest BCUT2D eigenvalue weighted by atomic mass is 16.1. The van der Waals surface area contributed by atoms with E-state index in [2.05, 4.69) is 5.32 Å². The minimum atomic E-state index is 0.000396. The molecule has 0 heterocycles. The summed E-state index contributed by atoms with van der Waals surface area (Å²) in [5.74, 6) is 0.000396. The molecule has 104 valence electrons. The Morgan fingerprint density at radius 3 is 2.20 bits per heavy atom. The van der Waals surface area contributed by atoms with Crippen LogP contribution >= 0.6 is 0 Å². The van der Waals surface area contributed by atoms with Gasteiger partial charge in [-0.1, -0.05) is 42.0 Å². The molecule has 0 atom stereocenters. The van der Waals surface area contributed by atoms with E-state index in [1.54, 1.807) is 0 Å². The highest BCUT2D eigenvalue weighted by molar-refractivity contribution is 5.92. The summed E-state index contributed by atoms with van der Waals surface area (Å²) in [6.45, 7) is 2.67. The van der Waals surface area contributed by atoms with Crippen molar-refractivity contribution in [1.82, 2.24) is 0 Å². The molecule has 0 saturated carbocycles. The van der Waals surface area contributed by atoms with E-state index in [1.165, 1.54) is 11.1 Å². The zero-order valence-electron chi connectivity index (χ0n) is 11.7. The third-order valence-corrected chi connectivity index (χ3v) is 3.16. The number of hydrogen-bond acceptors (Lipinski definition) is 2. The average Bonchev–Trinajstić information content (AvgIpc) is 2.44. The number of anilines is 1. The summed E-state index contributed by atoms with van der Waals surface area (Å²) in [6, 6.07) is 15.8. The van der Waals surface area contributed by atoms with Crippen molar-refractivity contribution >= 4 is 11.6 Å². The van der Waals surface area contributed by atoms with Crippen LogP contribution in [0.3, 0.4) is 0 Å². The van der Waals surface area contributed by atoms with Gasteiger partial charge in [-0.2, -0.15) is 0 Å². The van der Waals surface area contributed by atoms with Gasteiger partial charge in [-0.25, -0.2) is 0 Å². The van der Waals surface area contributed by atoms with Crippen molar-refractivity contribution in [2.24, 2.45) is 5.73 Å². The van der Waals surface area contributed by atoms with E-state index < -0.39 is 0 Å². The van der Waals surface area contributed by atoms with Crippen LogP contribution < -0.4 is 11.1 Å². The smallest absolute Gasteiger partial charge is 0.228 e. The molecule has 0 aliphatic heterocycles. The molecule has 2 aromatic carbocycles. The zero-order valence-corrected chi connectivity index (χ0v) is 11.7. The van der Waals surface area contributed by atoms with Crippen molar-refractivity contribution < 1.29 is 4.79 Å². The molecule has 20 heavy (non-hydrogen) atoms. The Bertz CT molecular complexity index is 559. The summed E-state index contributed by atoms with van der Waals surface area (Å²) in [5.41, 5.74) is 9.73. The molecular weight excluding hydrogens is 248 g/mol. The van der Waals surface area contributed by atoms with Crippen LogP contribution in [0, 0.1) is 6.92 Å². The van der Waals surface area contributed by atoms with E-state index in [1.807, 2.05) is 55.5 Å². The first-order chi connectivity index (χ1) is 9.67. The van der Waals surface area contributed by atoms with Gasteiger partial charge in [-0.05, 0) is 43.1 Å². The van der Waals surface area contributed by atoms with Crippen molar-refractivity contribution in [2.45, 2.75) is 19.8 Å². The quantitative estimate of drug-likeness (QED) is 0.876. The summed E-state index contributed by atoms with van der Waals surface area (Å²) >= 11 is 0. The second-order valence-corrected chi connectivity index (χ2v) is 4.95. The SMILES string of the molecule is Cc1ccc(CC(=O)Nc2ccc(CCN)cc2)cc1. The van der Waals surface area contributed by atoms with E-state index in [0.29, 0.717) is 13.0 Å². The number of benzene rings is 2. The van der Waals surface area contributed by atoms with Gasteiger partial charge in [0, 0.05) is 5.69 Å². The highest BCUT2D eigenvalue weighted by Crippen LogP contribution is 2.11. The Kier molecular flexibility index (Phi) is 4.91. The molecule has 0 fully saturated rings. The Morgan fingerprint density at radius 2 is 1.60 bits per heavy atom. The molecule has 0 saturated heterocycles. The van der Waals surface area contributed by atoms with Gasteiger partial charge in [0.25, 0.3) is 0 Å². The third-order valence-electron chi connectivity index (χ3n) is 3.16. The minimum Gasteiger partial charge on any atom is -0.330 e.